The predicted molar refractivity (Wildman–Crippen MR) is 122 cm³/mol. The minimum atomic E-state index is -0.123. The summed E-state index contributed by atoms with van der Waals surface area (Å²) < 4.78 is 0. The minimum Gasteiger partial charge on any atom is -0.346 e. The predicted octanol–water partition coefficient (Wildman–Crippen LogP) is 3.33. The van der Waals surface area contributed by atoms with E-state index in [0.29, 0.717) is 41.9 Å². The van der Waals surface area contributed by atoms with Crippen LogP contribution in [0.25, 0.3) is 10.9 Å². The van der Waals surface area contributed by atoms with E-state index in [9.17, 15) is 9.59 Å². The first-order chi connectivity index (χ1) is 15.1. The molecule has 31 heavy (non-hydrogen) atoms. The number of nitrogens with zero attached hydrogens (tertiary/aromatic N) is 3. The van der Waals surface area contributed by atoms with E-state index in [1.165, 1.54) is 11.3 Å². The Labute approximate surface area is 183 Å². The molecule has 0 aliphatic heterocycles. The zero-order valence-corrected chi connectivity index (χ0v) is 18.0. The summed E-state index contributed by atoms with van der Waals surface area (Å²) in [6.45, 7) is 4.40. The number of aromatic amines is 1. The minimum absolute atomic E-state index is 0.112. The molecule has 2 N–H and O–H groups in total. The summed E-state index contributed by atoms with van der Waals surface area (Å²) in [7, 11) is 0. The monoisotopic (exact) mass is 433 g/mol. The molecule has 0 saturated heterocycles. The van der Waals surface area contributed by atoms with Gasteiger partial charge in [0.05, 0.1) is 29.7 Å². The maximum atomic E-state index is 12.3. The number of hydrogen-bond acceptors (Lipinski definition) is 6. The van der Waals surface area contributed by atoms with E-state index in [4.69, 9.17) is 0 Å². The lowest BCUT2D eigenvalue weighted by atomic mass is 10.2. The number of H-pyrrole nitrogens is 1. The molecule has 0 aliphatic carbocycles. The Bertz CT molecular complexity index is 1240. The van der Waals surface area contributed by atoms with Crippen molar-refractivity contribution in [1.29, 1.82) is 0 Å². The molecule has 4 rings (SSSR count). The van der Waals surface area contributed by atoms with Crippen molar-refractivity contribution >= 4 is 28.1 Å². The number of carbonyl (C=O) groups is 1. The zero-order valence-electron chi connectivity index (χ0n) is 17.2. The normalized spacial score (nSPS) is 11.2. The molecule has 0 fully saturated rings. The Morgan fingerprint density at radius 3 is 2.65 bits per heavy atom. The van der Waals surface area contributed by atoms with Crippen molar-refractivity contribution in [2.24, 2.45) is 0 Å². The summed E-state index contributed by atoms with van der Waals surface area (Å²) >= 11 is 1.52. The number of nitrogens with one attached hydrogen (secondary N) is 2. The SMILES string of the molecule is CCN(Cc1csc(CNC(=O)c2ccccc2)n1)Cc1nc2ccccc2c(=O)[nH]1. The molecular formula is C23H23N5O2S. The van der Waals surface area contributed by atoms with Gasteiger partial charge in [0.2, 0.25) is 0 Å². The van der Waals surface area contributed by atoms with E-state index in [2.05, 4.69) is 32.1 Å². The lowest BCUT2D eigenvalue weighted by molar-refractivity contribution is 0.0951. The molecule has 2 aromatic heterocycles. The second-order valence-corrected chi connectivity index (χ2v) is 8.06. The van der Waals surface area contributed by atoms with Gasteiger partial charge in [-0.2, -0.15) is 0 Å². The molecule has 0 aliphatic rings. The number of thiazole rings is 1. The van der Waals surface area contributed by atoms with Crippen molar-refractivity contribution in [2.45, 2.75) is 26.6 Å². The van der Waals surface area contributed by atoms with Crippen LogP contribution in [0, 0.1) is 0 Å². The maximum absolute atomic E-state index is 12.3. The molecule has 7 nitrogen and oxygen atoms in total. The van der Waals surface area contributed by atoms with Crippen LogP contribution in [0.3, 0.4) is 0 Å². The van der Waals surface area contributed by atoms with Gasteiger partial charge in [-0.1, -0.05) is 37.3 Å². The summed E-state index contributed by atoms with van der Waals surface area (Å²) in [5, 5.41) is 6.36. The Hall–Kier alpha value is -3.36. The van der Waals surface area contributed by atoms with Gasteiger partial charge in [0, 0.05) is 17.5 Å². The Kier molecular flexibility index (Phi) is 6.49. The Balaban J connectivity index is 1.38. The van der Waals surface area contributed by atoms with Crippen LogP contribution in [0.4, 0.5) is 0 Å². The van der Waals surface area contributed by atoms with Crippen LogP contribution in [0.15, 0.2) is 64.8 Å². The first kappa shape index (κ1) is 20.9. The number of aromatic nitrogens is 3. The second kappa shape index (κ2) is 9.63. The topological polar surface area (TPSA) is 91.0 Å². The van der Waals surface area contributed by atoms with E-state index in [-0.39, 0.29) is 11.5 Å². The fraction of sp³-hybridized carbons (Fsp3) is 0.217. The maximum Gasteiger partial charge on any atom is 0.258 e. The van der Waals surface area contributed by atoms with Gasteiger partial charge in [-0.15, -0.1) is 11.3 Å². The van der Waals surface area contributed by atoms with Crippen LogP contribution >= 0.6 is 11.3 Å². The molecule has 2 heterocycles. The van der Waals surface area contributed by atoms with Crippen LogP contribution in [0.5, 0.6) is 0 Å². The number of rotatable bonds is 8. The zero-order chi connectivity index (χ0) is 21.6. The number of para-hydroxylation sites is 1. The summed E-state index contributed by atoms with van der Waals surface area (Å²) in [6.07, 6.45) is 0. The highest BCUT2D eigenvalue weighted by Crippen LogP contribution is 2.14. The highest BCUT2D eigenvalue weighted by Gasteiger charge is 2.12. The van der Waals surface area contributed by atoms with Crippen molar-refractivity contribution in [3.8, 4) is 0 Å². The molecule has 0 spiro atoms. The number of benzene rings is 2. The van der Waals surface area contributed by atoms with Crippen molar-refractivity contribution < 1.29 is 4.79 Å². The molecule has 0 saturated carbocycles. The van der Waals surface area contributed by atoms with Crippen LogP contribution < -0.4 is 10.9 Å². The summed E-state index contributed by atoms with van der Waals surface area (Å²) in [5.74, 6) is 0.523. The first-order valence-corrected chi connectivity index (χ1v) is 11.0. The highest BCUT2D eigenvalue weighted by molar-refractivity contribution is 7.09. The van der Waals surface area contributed by atoms with E-state index in [1.807, 2.05) is 41.8 Å². The van der Waals surface area contributed by atoms with Crippen LogP contribution in [0.1, 0.15) is 33.8 Å². The molecule has 158 valence electrons. The third-order valence-corrected chi connectivity index (χ3v) is 5.80. The largest absolute Gasteiger partial charge is 0.346 e. The average Bonchev–Trinajstić information content (AvgIpc) is 3.25. The van der Waals surface area contributed by atoms with Gasteiger partial charge in [0.1, 0.15) is 10.8 Å². The highest BCUT2D eigenvalue weighted by atomic mass is 32.1. The fourth-order valence-electron chi connectivity index (χ4n) is 3.28. The lowest BCUT2D eigenvalue weighted by Crippen LogP contribution is -2.25. The summed E-state index contributed by atoms with van der Waals surface area (Å²) in [4.78, 5) is 38.8. The van der Waals surface area contributed by atoms with Gasteiger partial charge in [-0.3, -0.25) is 14.5 Å². The van der Waals surface area contributed by atoms with E-state index < -0.39 is 0 Å². The molecule has 2 aromatic carbocycles. The average molecular weight is 434 g/mol. The van der Waals surface area contributed by atoms with Gasteiger partial charge >= 0.3 is 0 Å². The first-order valence-electron chi connectivity index (χ1n) is 10.1. The van der Waals surface area contributed by atoms with E-state index in [0.717, 1.165) is 17.2 Å². The Morgan fingerprint density at radius 2 is 1.84 bits per heavy atom. The van der Waals surface area contributed by atoms with Gasteiger partial charge in [-0.05, 0) is 30.8 Å². The number of hydrogen-bond donors (Lipinski definition) is 2. The van der Waals surface area contributed by atoms with Gasteiger partial charge in [-0.25, -0.2) is 9.97 Å². The van der Waals surface area contributed by atoms with E-state index in [1.54, 1.807) is 18.2 Å². The van der Waals surface area contributed by atoms with Crippen LogP contribution in [0.2, 0.25) is 0 Å². The molecule has 0 atom stereocenters. The molecule has 0 radical (unpaired) electrons. The molecule has 4 aromatic rings. The van der Waals surface area contributed by atoms with Crippen LogP contribution in [-0.4, -0.2) is 32.3 Å². The standard InChI is InChI=1S/C23H23N5O2S/c1-2-28(14-20-26-19-11-7-6-10-18(19)23(30)27-20)13-17-15-31-21(25-17)12-24-22(29)16-8-4-3-5-9-16/h3-11,15H,2,12-14H2,1H3,(H,24,29)(H,26,27,30). The van der Waals surface area contributed by atoms with Crippen molar-refractivity contribution in [1.82, 2.24) is 25.2 Å². The number of amides is 1. The molecule has 0 bridgehead atoms. The summed E-state index contributed by atoms with van der Waals surface area (Å²) in [6, 6.07) is 16.5. The van der Waals surface area contributed by atoms with E-state index >= 15 is 0 Å². The quantitative estimate of drug-likeness (QED) is 0.445. The number of fused-ring (bicyclic) bond motifs is 1. The van der Waals surface area contributed by atoms with Gasteiger partial charge in [0.25, 0.3) is 11.5 Å². The summed E-state index contributed by atoms with van der Waals surface area (Å²) in [5.41, 5.74) is 2.14. The van der Waals surface area contributed by atoms with Crippen molar-refractivity contribution in [3.05, 3.63) is 92.4 Å². The molecule has 0 unspecified atom stereocenters. The fourth-order valence-corrected chi connectivity index (χ4v) is 4.01. The second-order valence-electron chi connectivity index (χ2n) is 7.11. The van der Waals surface area contributed by atoms with Crippen molar-refractivity contribution in [3.63, 3.8) is 0 Å². The Morgan fingerprint density at radius 1 is 1.06 bits per heavy atom. The third-order valence-electron chi connectivity index (χ3n) is 4.90. The van der Waals surface area contributed by atoms with Gasteiger partial charge < -0.3 is 10.3 Å². The van der Waals surface area contributed by atoms with Gasteiger partial charge in [0.15, 0.2) is 0 Å². The smallest absolute Gasteiger partial charge is 0.258 e. The molecular weight excluding hydrogens is 410 g/mol. The van der Waals surface area contributed by atoms with Crippen molar-refractivity contribution in [2.75, 3.05) is 6.54 Å². The third kappa shape index (κ3) is 5.22. The lowest BCUT2D eigenvalue weighted by Gasteiger charge is -2.18. The molecule has 8 heteroatoms. The van der Waals surface area contributed by atoms with Crippen LogP contribution in [-0.2, 0) is 19.6 Å². The molecule has 1 amide bonds. The number of carbonyl (C=O) groups excluding carboxylic acids is 1.